The van der Waals surface area contributed by atoms with Gasteiger partial charge in [0.15, 0.2) is 0 Å². The summed E-state index contributed by atoms with van der Waals surface area (Å²) in [4.78, 5) is 10.4. The summed E-state index contributed by atoms with van der Waals surface area (Å²) in [6, 6.07) is 15.6. The molecule has 0 atom stereocenters. The lowest BCUT2D eigenvalue weighted by atomic mass is 9.90. The number of aromatic nitrogens is 2. The van der Waals surface area contributed by atoms with Crippen LogP contribution in [-0.4, -0.2) is 34.5 Å². The molecule has 0 spiro atoms. The maximum atomic E-state index is 13.3. The summed E-state index contributed by atoms with van der Waals surface area (Å²) in [7, 11) is 0. The zero-order valence-corrected chi connectivity index (χ0v) is 15.1. The number of halogens is 1. The fourth-order valence-corrected chi connectivity index (χ4v) is 3.98. The molecule has 26 heavy (non-hydrogen) atoms. The van der Waals surface area contributed by atoms with Gasteiger partial charge in [-0.15, -0.1) is 0 Å². The minimum absolute atomic E-state index is 0.217. The van der Waals surface area contributed by atoms with Gasteiger partial charge in [0.05, 0.1) is 11.0 Å². The highest BCUT2D eigenvalue weighted by molar-refractivity contribution is 5.74. The highest BCUT2D eigenvalue weighted by atomic mass is 19.1. The van der Waals surface area contributed by atoms with Crippen molar-refractivity contribution in [3.63, 3.8) is 0 Å². The van der Waals surface area contributed by atoms with E-state index in [4.69, 9.17) is 0 Å². The van der Waals surface area contributed by atoms with E-state index in [-0.39, 0.29) is 5.82 Å². The second-order valence-electron chi connectivity index (χ2n) is 7.42. The normalized spacial score (nSPS) is 16.3. The first-order valence-electron chi connectivity index (χ1n) is 9.67. The second-order valence-corrected chi connectivity index (χ2v) is 7.42. The maximum absolute atomic E-state index is 13.3. The molecule has 136 valence electrons. The fraction of sp³-hybridized carbons (Fsp3) is 0.409. The number of fused-ring (bicyclic) bond motifs is 1. The van der Waals surface area contributed by atoms with E-state index in [9.17, 15) is 4.39 Å². The van der Waals surface area contributed by atoms with Crippen LogP contribution >= 0.6 is 0 Å². The van der Waals surface area contributed by atoms with E-state index >= 15 is 0 Å². The number of H-pyrrole nitrogens is 1. The molecule has 1 saturated heterocycles. The minimum atomic E-state index is -0.217. The van der Waals surface area contributed by atoms with Crippen molar-refractivity contribution in [2.45, 2.75) is 32.1 Å². The Morgan fingerprint density at radius 3 is 2.69 bits per heavy atom. The molecule has 0 amide bonds. The summed E-state index contributed by atoms with van der Waals surface area (Å²) >= 11 is 0. The first kappa shape index (κ1) is 17.2. The van der Waals surface area contributed by atoms with Crippen molar-refractivity contribution >= 4 is 11.0 Å². The molecule has 3 aromatic rings. The van der Waals surface area contributed by atoms with E-state index in [1.165, 1.54) is 50.0 Å². The number of hydrogen-bond acceptors (Lipinski definition) is 2. The van der Waals surface area contributed by atoms with Crippen LogP contribution in [0.5, 0.6) is 0 Å². The Kier molecular flexibility index (Phi) is 5.30. The molecule has 1 aliphatic heterocycles. The number of nitrogens with one attached hydrogen (secondary N) is 1. The number of nitrogens with zero attached hydrogens (tertiary/aromatic N) is 2. The molecule has 4 heteroatoms. The number of piperidine rings is 1. The SMILES string of the molecule is Fc1ccc2nc(CCCN3CCC(Cc4ccccc4)CC3)[nH]c2c1. The highest BCUT2D eigenvalue weighted by Gasteiger charge is 2.19. The van der Waals surface area contributed by atoms with Crippen molar-refractivity contribution in [3.05, 3.63) is 65.7 Å². The molecule has 4 rings (SSSR count). The van der Waals surface area contributed by atoms with Crippen molar-refractivity contribution in [2.75, 3.05) is 19.6 Å². The molecule has 0 saturated carbocycles. The van der Waals surface area contributed by atoms with Crippen molar-refractivity contribution in [1.82, 2.24) is 14.9 Å². The molecule has 0 bridgehead atoms. The smallest absolute Gasteiger partial charge is 0.125 e. The Hall–Kier alpha value is -2.20. The molecule has 1 fully saturated rings. The quantitative estimate of drug-likeness (QED) is 0.704. The topological polar surface area (TPSA) is 31.9 Å². The fourth-order valence-electron chi connectivity index (χ4n) is 3.98. The first-order chi connectivity index (χ1) is 12.8. The number of aromatic amines is 1. The van der Waals surface area contributed by atoms with Crippen LogP contribution in [0, 0.1) is 11.7 Å². The van der Waals surface area contributed by atoms with Gasteiger partial charge in [0, 0.05) is 6.42 Å². The Labute approximate surface area is 154 Å². The molecule has 0 radical (unpaired) electrons. The number of aryl methyl sites for hydroxylation is 1. The molecule has 3 nitrogen and oxygen atoms in total. The summed E-state index contributed by atoms with van der Waals surface area (Å²) in [5.41, 5.74) is 3.11. The van der Waals surface area contributed by atoms with Gasteiger partial charge < -0.3 is 9.88 Å². The highest BCUT2D eigenvalue weighted by Crippen LogP contribution is 2.22. The monoisotopic (exact) mass is 351 g/mol. The van der Waals surface area contributed by atoms with Crippen molar-refractivity contribution in [2.24, 2.45) is 5.92 Å². The molecular weight excluding hydrogens is 325 g/mol. The van der Waals surface area contributed by atoms with Gasteiger partial charge in [-0.2, -0.15) is 0 Å². The van der Waals surface area contributed by atoms with E-state index in [0.29, 0.717) is 0 Å². The van der Waals surface area contributed by atoms with Crippen molar-refractivity contribution in [1.29, 1.82) is 0 Å². The number of rotatable bonds is 6. The predicted molar refractivity (Wildman–Crippen MR) is 104 cm³/mol. The van der Waals surface area contributed by atoms with E-state index < -0.39 is 0 Å². The third kappa shape index (κ3) is 4.31. The summed E-state index contributed by atoms with van der Waals surface area (Å²) in [5.74, 6) is 1.56. The van der Waals surface area contributed by atoms with Crippen LogP contribution in [0.1, 0.15) is 30.7 Å². The second kappa shape index (κ2) is 8.00. The van der Waals surface area contributed by atoms with Crippen LogP contribution in [0.25, 0.3) is 11.0 Å². The Balaban J connectivity index is 1.21. The molecule has 1 aromatic heterocycles. The van der Waals surface area contributed by atoms with Crippen LogP contribution < -0.4 is 0 Å². The molecule has 2 heterocycles. The zero-order valence-electron chi connectivity index (χ0n) is 15.1. The first-order valence-corrected chi connectivity index (χ1v) is 9.67. The molecule has 1 aliphatic rings. The average molecular weight is 351 g/mol. The molecule has 1 N–H and O–H groups in total. The Morgan fingerprint density at radius 2 is 1.88 bits per heavy atom. The van der Waals surface area contributed by atoms with E-state index in [0.717, 1.165) is 42.2 Å². The number of hydrogen-bond donors (Lipinski definition) is 1. The van der Waals surface area contributed by atoms with E-state index in [2.05, 4.69) is 45.2 Å². The van der Waals surface area contributed by atoms with Gasteiger partial charge in [-0.05, 0) is 75.0 Å². The van der Waals surface area contributed by atoms with Gasteiger partial charge in [0.1, 0.15) is 11.6 Å². The van der Waals surface area contributed by atoms with Gasteiger partial charge in [-0.25, -0.2) is 9.37 Å². The lowest BCUT2D eigenvalue weighted by Gasteiger charge is -2.32. The van der Waals surface area contributed by atoms with E-state index in [1.54, 1.807) is 6.07 Å². The third-order valence-corrected chi connectivity index (χ3v) is 5.46. The van der Waals surface area contributed by atoms with Crippen molar-refractivity contribution in [3.8, 4) is 0 Å². The summed E-state index contributed by atoms with van der Waals surface area (Å²) in [6.45, 7) is 3.51. The minimum Gasteiger partial charge on any atom is -0.342 e. The Morgan fingerprint density at radius 1 is 1.08 bits per heavy atom. The third-order valence-electron chi connectivity index (χ3n) is 5.46. The van der Waals surface area contributed by atoms with Gasteiger partial charge in [0.2, 0.25) is 0 Å². The number of likely N-dealkylation sites (tertiary alicyclic amines) is 1. The van der Waals surface area contributed by atoms with Crippen LogP contribution in [0.15, 0.2) is 48.5 Å². The maximum Gasteiger partial charge on any atom is 0.125 e. The average Bonchev–Trinajstić information content (AvgIpc) is 3.06. The van der Waals surface area contributed by atoms with Crippen LogP contribution in [0.2, 0.25) is 0 Å². The molecule has 2 aromatic carbocycles. The largest absolute Gasteiger partial charge is 0.342 e. The van der Waals surface area contributed by atoms with Crippen LogP contribution in [-0.2, 0) is 12.8 Å². The predicted octanol–water partition coefficient (Wildman–Crippen LogP) is 4.59. The molecule has 0 unspecified atom stereocenters. The summed E-state index contributed by atoms with van der Waals surface area (Å²) in [6.07, 6.45) is 5.80. The van der Waals surface area contributed by atoms with Gasteiger partial charge in [-0.3, -0.25) is 0 Å². The molecular formula is C22H26FN3. The Bertz CT molecular complexity index is 835. The zero-order chi connectivity index (χ0) is 17.8. The molecule has 0 aliphatic carbocycles. The lowest BCUT2D eigenvalue weighted by Crippen LogP contribution is -2.35. The van der Waals surface area contributed by atoms with Gasteiger partial charge in [0.25, 0.3) is 0 Å². The van der Waals surface area contributed by atoms with Crippen LogP contribution in [0.3, 0.4) is 0 Å². The summed E-state index contributed by atoms with van der Waals surface area (Å²) < 4.78 is 13.3. The van der Waals surface area contributed by atoms with E-state index in [1.807, 2.05) is 0 Å². The summed E-state index contributed by atoms with van der Waals surface area (Å²) in [5, 5.41) is 0. The van der Waals surface area contributed by atoms with Gasteiger partial charge in [-0.1, -0.05) is 30.3 Å². The van der Waals surface area contributed by atoms with Crippen molar-refractivity contribution < 1.29 is 4.39 Å². The van der Waals surface area contributed by atoms with Crippen LogP contribution in [0.4, 0.5) is 4.39 Å². The number of benzene rings is 2. The number of imidazole rings is 1. The lowest BCUT2D eigenvalue weighted by molar-refractivity contribution is 0.182. The standard InChI is InChI=1S/C22H26FN3/c23-19-8-9-20-21(16-19)25-22(24-20)7-4-12-26-13-10-18(11-14-26)15-17-5-2-1-3-6-17/h1-3,5-6,8-9,16,18H,4,7,10-15H2,(H,24,25). The van der Waals surface area contributed by atoms with Gasteiger partial charge >= 0.3 is 0 Å².